The number of carboxylic acids is 1. The molecular formula is C23H25FN2O2. The van der Waals surface area contributed by atoms with Gasteiger partial charge in [0.05, 0.1) is 0 Å². The van der Waals surface area contributed by atoms with Gasteiger partial charge in [-0.2, -0.15) is 0 Å². The van der Waals surface area contributed by atoms with Crippen LogP contribution in [0.2, 0.25) is 0 Å². The lowest BCUT2D eigenvalue weighted by molar-refractivity contribution is 0.0684. The molecule has 28 heavy (non-hydrogen) atoms. The normalized spacial score (nSPS) is 14.8. The molecular weight excluding hydrogens is 355 g/mol. The summed E-state index contributed by atoms with van der Waals surface area (Å²) in [6, 6.07) is 12.8. The molecule has 3 aromatic rings. The third-order valence-electron chi connectivity index (χ3n) is 5.70. The molecule has 0 atom stereocenters. The molecule has 1 heterocycles. The highest BCUT2D eigenvalue weighted by Gasteiger charge is 2.24. The lowest BCUT2D eigenvalue weighted by Gasteiger charge is -2.13. The van der Waals surface area contributed by atoms with Crippen molar-refractivity contribution < 1.29 is 14.3 Å². The molecule has 1 saturated carbocycles. The van der Waals surface area contributed by atoms with Gasteiger partial charge in [0.25, 0.3) is 0 Å². The number of nitrogens with one attached hydrogen (secondary N) is 1. The predicted octanol–water partition coefficient (Wildman–Crippen LogP) is 4.87. The van der Waals surface area contributed by atoms with Crippen LogP contribution in [0.25, 0.3) is 10.9 Å². The Hall–Kier alpha value is -2.66. The van der Waals surface area contributed by atoms with Crippen LogP contribution in [-0.2, 0) is 13.1 Å². The lowest BCUT2D eigenvalue weighted by atomic mass is 10.1. The van der Waals surface area contributed by atoms with Gasteiger partial charge in [-0.25, -0.2) is 9.18 Å². The number of nitrogens with zero attached hydrogens (tertiary/aromatic N) is 1. The third-order valence-corrected chi connectivity index (χ3v) is 5.70. The minimum absolute atomic E-state index is 0.295. The minimum atomic E-state index is -0.931. The van der Waals surface area contributed by atoms with E-state index in [0.29, 0.717) is 24.8 Å². The summed E-state index contributed by atoms with van der Waals surface area (Å²) in [4.78, 5) is 12.2. The van der Waals surface area contributed by atoms with Gasteiger partial charge in [-0.05, 0) is 49.1 Å². The molecule has 0 saturated heterocycles. The summed E-state index contributed by atoms with van der Waals surface area (Å²) < 4.78 is 15.1. The van der Waals surface area contributed by atoms with E-state index in [1.165, 1.54) is 25.0 Å². The van der Waals surface area contributed by atoms with Crippen LogP contribution in [0.1, 0.15) is 52.9 Å². The van der Waals surface area contributed by atoms with Crippen LogP contribution in [0, 0.1) is 12.7 Å². The number of aromatic carboxylic acids is 1. The average molecular weight is 380 g/mol. The zero-order chi connectivity index (χ0) is 19.7. The average Bonchev–Trinajstić information content (AvgIpc) is 3.28. The summed E-state index contributed by atoms with van der Waals surface area (Å²) in [6.07, 6.45) is 4.76. The molecule has 0 aliphatic heterocycles. The predicted molar refractivity (Wildman–Crippen MR) is 108 cm³/mol. The molecule has 5 heteroatoms. The van der Waals surface area contributed by atoms with E-state index in [4.69, 9.17) is 0 Å². The molecule has 2 aromatic carbocycles. The summed E-state index contributed by atoms with van der Waals surface area (Å²) in [5.74, 6) is -1.23. The first-order valence-electron chi connectivity index (χ1n) is 9.86. The van der Waals surface area contributed by atoms with Crippen molar-refractivity contribution in [1.82, 2.24) is 9.88 Å². The minimum Gasteiger partial charge on any atom is -0.477 e. The molecule has 1 aromatic heterocycles. The first kappa shape index (κ1) is 18.7. The Morgan fingerprint density at radius 2 is 1.89 bits per heavy atom. The molecule has 4 nitrogen and oxygen atoms in total. The number of halogens is 1. The van der Waals surface area contributed by atoms with Crippen LogP contribution < -0.4 is 5.32 Å². The second kappa shape index (κ2) is 7.76. The first-order chi connectivity index (χ1) is 13.5. The molecule has 146 valence electrons. The Morgan fingerprint density at radius 1 is 1.18 bits per heavy atom. The molecule has 0 unspecified atom stereocenters. The molecule has 0 bridgehead atoms. The van der Waals surface area contributed by atoms with Gasteiger partial charge >= 0.3 is 5.97 Å². The molecule has 0 amide bonds. The number of aromatic nitrogens is 1. The number of fused-ring (bicyclic) bond motifs is 1. The number of rotatable bonds is 6. The van der Waals surface area contributed by atoms with Crippen molar-refractivity contribution in [3.05, 3.63) is 70.7 Å². The molecule has 1 aliphatic carbocycles. The van der Waals surface area contributed by atoms with Gasteiger partial charge in [0.1, 0.15) is 11.5 Å². The number of benzene rings is 2. The van der Waals surface area contributed by atoms with Gasteiger partial charge in [-0.1, -0.05) is 37.1 Å². The van der Waals surface area contributed by atoms with E-state index in [1.807, 2.05) is 29.7 Å². The van der Waals surface area contributed by atoms with Gasteiger partial charge < -0.3 is 15.0 Å². The number of aryl methyl sites for hydroxylation is 1. The number of hydrogen-bond acceptors (Lipinski definition) is 2. The fourth-order valence-corrected chi connectivity index (χ4v) is 4.27. The Bertz CT molecular complexity index is 1000. The quantitative estimate of drug-likeness (QED) is 0.642. The molecule has 4 rings (SSSR count). The summed E-state index contributed by atoms with van der Waals surface area (Å²) in [6.45, 7) is 2.94. The second-order valence-corrected chi connectivity index (χ2v) is 7.73. The standard InChI is InChI=1S/C23H25FN2O2/c1-15-6-11-19-20(13-25-18-4-2-3-5-18)22(23(27)28)26(21(19)12-15)14-16-7-9-17(24)10-8-16/h6-12,18,25H,2-5,13-14H2,1H3,(H,27,28). The Kier molecular flexibility index (Phi) is 5.18. The van der Waals surface area contributed by atoms with E-state index in [0.717, 1.165) is 40.4 Å². The molecule has 2 N–H and O–H groups in total. The zero-order valence-electron chi connectivity index (χ0n) is 16.0. The van der Waals surface area contributed by atoms with Gasteiger partial charge in [-0.3, -0.25) is 0 Å². The molecule has 1 aliphatic rings. The van der Waals surface area contributed by atoms with Crippen molar-refractivity contribution >= 4 is 16.9 Å². The van der Waals surface area contributed by atoms with Crippen LogP contribution in [-0.4, -0.2) is 21.7 Å². The van der Waals surface area contributed by atoms with E-state index in [1.54, 1.807) is 12.1 Å². The number of hydrogen-bond donors (Lipinski definition) is 2. The summed E-state index contributed by atoms with van der Waals surface area (Å²) >= 11 is 0. The van der Waals surface area contributed by atoms with Crippen molar-refractivity contribution in [2.75, 3.05) is 0 Å². The zero-order valence-corrected chi connectivity index (χ0v) is 16.0. The Balaban J connectivity index is 1.79. The van der Waals surface area contributed by atoms with Crippen LogP contribution in [0.4, 0.5) is 4.39 Å². The van der Waals surface area contributed by atoms with Gasteiger partial charge in [0, 0.05) is 35.6 Å². The highest BCUT2D eigenvalue weighted by Crippen LogP contribution is 2.29. The van der Waals surface area contributed by atoms with Crippen LogP contribution in [0.15, 0.2) is 42.5 Å². The van der Waals surface area contributed by atoms with E-state index in [2.05, 4.69) is 5.32 Å². The van der Waals surface area contributed by atoms with Crippen LogP contribution in [0.3, 0.4) is 0 Å². The smallest absolute Gasteiger partial charge is 0.352 e. The monoisotopic (exact) mass is 380 g/mol. The Morgan fingerprint density at radius 3 is 2.57 bits per heavy atom. The number of carbonyl (C=O) groups is 1. The second-order valence-electron chi connectivity index (χ2n) is 7.73. The molecule has 1 fully saturated rings. The van der Waals surface area contributed by atoms with Crippen molar-refractivity contribution in [2.24, 2.45) is 0 Å². The highest BCUT2D eigenvalue weighted by atomic mass is 19.1. The third kappa shape index (κ3) is 3.67. The molecule has 0 spiro atoms. The Labute approximate surface area is 164 Å². The summed E-state index contributed by atoms with van der Waals surface area (Å²) in [7, 11) is 0. The summed E-state index contributed by atoms with van der Waals surface area (Å²) in [5.41, 5.74) is 4.01. The highest BCUT2D eigenvalue weighted by molar-refractivity contribution is 5.98. The van der Waals surface area contributed by atoms with Crippen molar-refractivity contribution in [3.8, 4) is 0 Å². The van der Waals surface area contributed by atoms with Crippen molar-refractivity contribution in [1.29, 1.82) is 0 Å². The van der Waals surface area contributed by atoms with Crippen molar-refractivity contribution in [2.45, 2.75) is 51.7 Å². The lowest BCUT2D eigenvalue weighted by Crippen LogP contribution is -2.26. The maximum absolute atomic E-state index is 13.3. The van der Waals surface area contributed by atoms with E-state index in [-0.39, 0.29) is 5.82 Å². The largest absolute Gasteiger partial charge is 0.477 e. The van der Waals surface area contributed by atoms with Crippen LogP contribution >= 0.6 is 0 Å². The van der Waals surface area contributed by atoms with Gasteiger partial charge in [0.2, 0.25) is 0 Å². The number of carboxylic acid groups (broad SMARTS) is 1. The van der Waals surface area contributed by atoms with Crippen molar-refractivity contribution in [3.63, 3.8) is 0 Å². The van der Waals surface area contributed by atoms with E-state index in [9.17, 15) is 14.3 Å². The van der Waals surface area contributed by atoms with Gasteiger partial charge in [0.15, 0.2) is 0 Å². The maximum atomic E-state index is 13.3. The fraction of sp³-hybridized carbons (Fsp3) is 0.348. The van der Waals surface area contributed by atoms with E-state index >= 15 is 0 Å². The fourth-order valence-electron chi connectivity index (χ4n) is 4.27. The SMILES string of the molecule is Cc1ccc2c(CNC3CCCC3)c(C(=O)O)n(Cc3ccc(F)cc3)c2c1. The topological polar surface area (TPSA) is 54.3 Å². The summed E-state index contributed by atoms with van der Waals surface area (Å²) in [5, 5.41) is 14.5. The van der Waals surface area contributed by atoms with Crippen LogP contribution in [0.5, 0.6) is 0 Å². The van der Waals surface area contributed by atoms with Gasteiger partial charge in [-0.15, -0.1) is 0 Å². The molecule has 0 radical (unpaired) electrons. The maximum Gasteiger partial charge on any atom is 0.352 e. The first-order valence-corrected chi connectivity index (χ1v) is 9.86. The van der Waals surface area contributed by atoms with E-state index < -0.39 is 5.97 Å².